The van der Waals surface area contributed by atoms with E-state index in [0.29, 0.717) is 12.6 Å². The Hall–Kier alpha value is -0.910. The van der Waals surface area contributed by atoms with Crippen LogP contribution in [-0.4, -0.2) is 42.8 Å². The predicted octanol–water partition coefficient (Wildman–Crippen LogP) is 1.78. The molecule has 112 valence electrons. The van der Waals surface area contributed by atoms with Crippen LogP contribution in [-0.2, 0) is 17.9 Å². The average Bonchev–Trinajstić information content (AvgIpc) is 2.90. The number of methoxy groups -OCH3 is 1. The number of ether oxygens (including phenoxy) is 1. The Morgan fingerprint density at radius 3 is 3.00 bits per heavy atom. The van der Waals surface area contributed by atoms with Gasteiger partial charge in [-0.25, -0.2) is 0 Å². The molecule has 0 bridgehead atoms. The molecule has 1 aromatic heterocycles. The summed E-state index contributed by atoms with van der Waals surface area (Å²) in [6.07, 6.45) is 5.39. The Kier molecular flexibility index (Phi) is 4.70. The Balaban J connectivity index is 1.55. The van der Waals surface area contributed by atoms with Crippen molar-refractivity contribution in [2.75, 3.05) is 26.7 Å². The van der Waals surface area contributed by atoms with Crippen molar-refractivity contribution in [3.05, 3.63) is 17.5 Å². The number of rotatable bonds is 8. The van der Waals surface area contributed by atoms with E-state index in [1.165, 1.54) is 38.8 Å². The normalized spacial score (nSPS) is 22.8. The van der Waals surface area contributed by atoms with Crippen molar-refractivity contribution >= 4 is 0 Å². The Bertz CT molecular complexity index is 411. The molecule has 1 aromatic rings. The summed E-state index contributed by atoms with van der Waals surface area (Å²) in [4.78, 5) is 2.54. The van der Waals surface area contributed by atoms with Crippen LogP contribution in [0.25, 0.3) is 0 Å². The highest BCUT2D eigenvalue weighted by molar-refractivity contribution is 5.04. The minimum atomic E-state index is 0.500. The second-order valence-electron chi connectivity index (χ2n) is 6.15. The van der Waals surface area contributed by atoms with E-state index in [4.69, 9.17) is 9.26 Å². The summed E-state index contributed by atoms with van der Waals surface area (Å²) in [7, 11) is 1.67. The fourth-order valence-corrected chi connectivity index (χ4v) is 2.96. The maximum absolute atomic E-state index is 5.28. The van der Waals surface area contributed by atoms with Crippen LogP contribution in [0.3, 0.4) is 0 Å². The molecule has 1 N–H and O–H groups in total. The quantitative estimate of drug-likeness (QED) is 0.786. The standard InChI is InChI=1S/C15H25N3O2/c1-19-11-15-7-14(17-20-15)10-18(8-12-4-5-12)9-13-3-2-6-16-13/h7,12-13,16H,2-6,8-11H2,1H3. The maximum Gasteiger partial charge on any atom is 0.162 e. The summed E-state index contributed by atoms with van der Waals surface area (Å²) >= 11 is 0. The minimum absolute atomic E-state index is 0.500. The van der Waals surface area contributed by atoms with E-state index in [-0.39, 0.29) is 0 Å². The van der Waals surface area contributed by atoms with E-state index in [9.17, 15) is 0 Å². The van der Waals surface area contributed by atoms with Gasteiger partial charge in [-0.2, -0.15) is 0 Å². The first kappa shape index (κ1) is 14.0. The molecule has 2 aliphatic rings. The van der Waals surface area contributed by atoms with E-state index in [0.717, 1.165) is 30.5 Å². The molecule has 1 saturated heterocycles. The third-order valence-electron chi connectivity index (χ3n) is 4.13. The average molecular weight is 279 g/mol. The fourth-order valence-electron chi connectivity index (χ4n) is 2.96. The summed E-state index contributed by atoms with van der Waals surface area (Å²) in [5, 5.41) is 7.75. The number of hydrogen-bond acceptors (Lipinski definition) is 5. The third kappa shape index (κ3) is 4.04. The molecule has 1 unspecified atom stereocenters. The van der Waals surface area contributed by atoms with Gasteiger partial charge in [0.2, 0.25) is 0 Å². The predicted molar refractivity (Wildman–Crippen MR) is 76.2 cm³/mol. The van der Waals surface area contributed by atoms with Crippen LogP contribution in [0.2, 0.25) is 0 Å². The molecular formula is C15H25N3O2. The van der Waals surface area contributed by atoms with Gasteiger partial charge in [-0.1, -0.05) is 5.16 Å². The molecule has 3 rings (SSSR count). The highest BCUT2D eigenvalue weighted by Crippen LogP contribution is 2.30. The van der Waals surface area contributed by atoms with Crippen LogP contribution >= 0.6 is 0 Å². The van der Waals surface area contributed by atoms with Gasteiger partial charge in [0.15, 0.2) is 5.76 Å². The second-order valence-corrected chi connectivity index (χ2v) is 6.15. The minimum Gasteiger partial charge on any atom is -0.377 e. The zero-order valence-corrected chi connectivity index (χ0v) is 12.3. The van der Waals surface area contributed by atoms with Gasteiger partial charge in [-0.05, 0) is 38.1 Å². The molecule has 0 amide bonds. The topological polar surface area (TPSA) is 50.5 Å². The Labute approximate surface area is 120 Å². The van der Waals surface area contributed by atoms with E-state index in [1.807, 2.05) is 6.07 Å². The number of hydrogen-bond donors (Lipinski definition) is 1. The first-order valence-corrected chi connectivity index (χ1v) is 7.72. The molecule has 0 spiro atoms. The van der Waals surface area contributed by atoms with Crippen LogP contribution in [0.1, 0.15) is 37.1 Å². The fraction of sp³-hybridized carbons (Fsp3) is 0.800. The van der Waals surface area contributed by atoms with Crippen molar-refractivity contribution in [1.82, 2.24) is 15.4 Å². The molecule has 0 aromatic carbocycles. The van der Waals surface area contributed by atoms with Gasteiger partial charge in [-0.15, -0.1) is 0 Å². The first-order chi connectivity index (χ1) is 9.83. The molecule has 5 heteroatoms. The zero-order valence-electron chi connectivity index (χ0n) is 12.3. The largest absolute Gasteiger partial charge is 0.377 e. The molecule has 1 saturated carbocycles. The van der Waals surface area contributed by atoms with E-state index in [2.05, 4.69) is 15.4 Å². The van der Waals surface area contributed by atoms with Crippen molar-refractivity contribution in [2.24, 2.45) is 5.92 Å². The highest BCUT2D eigenvalue weighted by atomic mass is 16.5. The maximum atomic E-state index is 5.28. The number of aromatic nitrogens is 1. The monoisotopic (exact) mass is 279 g/mol. The van der Waals surface area contributed by atoms with Crippen molar-refractivity contribution in [1.29, 1.82) is 0 Å². The summed E-state index contributed by atoms with van der Waals surface area (Å²) in [5.41, 5.74) is 1.02. The third-order valence-corrected chi connectivity index (χ3v) is 4.13. The van der Waals surface area contributed by atoms with Crippen LogP contribution in [0.5, 0.6) is 0 Å². The molecule has 5 nitrogen and oxygen atoms in total. The van der Waals surface area contributed by atoms with Crippen molar-refractivity contribution < 1.29 is 9.26 Å². The zero-order chi connectivity index (χ0) is 13.8. The van der Waals surface area contributed by atoms with Gasteiger partial charge in [0.1, 0.15) is 6.61 Å². The van der Waals surface area contributed by atoms with Gasteiger partial charge in [0.25, 0.3) is 0 Å². The SMILES string of the molecule is COCc1cc(CN(CC2CC2)CC2CCCN2)no1. The van der Waals surface area contributed by atoms with Gasteiger partial charge in [0.05, 0.1) is 5.69 Å². The lowest BCUT2D eigenvalue weighted by molar-refractivity contribution is 0.155. The molecular weight excluding hydrogens is 254 g/mol. The summed E-state index contributed by atoms with van der Waals surface area (Å²) in [6.45, 7) is 4.89. The molecule has 2 heterocycles. The van der Waals surface area contributed by atoms with Crippen molar-refractivity contribution in [3.8, 4) is 0 Å². The summed E-state index contributed by atoms with van der Waals surface area (Å²) in [5.74, 6) is 1.72. The second kappa shape index (κ2) is 6.70. The Morgan fingerprint density at radius 1 is 1.40 bits per heavy atom. The number of nitrogens with zero attached hydrogens (tertiary/aromatic N) is 2. The van der Waals surface area contributed by atoms with E-state index >= 15 is 0 Å². The van der Waals surface area contributed by atoms with Gasteiger partial charge >= 0.3 is 0 Å². The number of nitrogens with one attached hydrogen (secondary N) is 1. The molecule has 0 radical (unpaired) electrons. The van der Waals surface area contributed by atoms with Gasteiger partial charge in [0, 0.05) is 38.9 Å². The lowest BCUT2D eigenvalue weighted by Crippen LogP contribution is -2.38. The van der Waals surface area contributed by atoms with Crippen LogP contribution in [0.15, 0.2) is 10.6 Å². The van der Waals surface area contributed by atoms with Crippen molar-refractivity contribution in [2.45, 2.75) is 44.9 Å². The van der Waals surface area contributed by atoms with E-state index in [1.54, 1.807) is 7.11 Å². The van der Waals surface area contributed by atoms with Crippen molar-refractivity contribution in [3.63, 3.8) is 0 Å². The van der Waals surface area contributed by atoms with E-state index < -0.39 is 0 Å². The highest BCUT2D eigenvalue weighted by Gasteiger charge is 2.27. The summed E-state index contributed by atoms with van der Waals surface area (Å²) in [6, 6.07) is 2.67. The molecule has 1 atom stereocenters. The lowest BCUT2D eigenvalue weighted by atomic mass is 10.2. The molecule has 2 fully saturated rings. The van der Waals surface area contributed by atoms with Crippen LogP contribution in [0.4, 0.5) is 0 Å². The lowest BCUT2D eigenvalue weighted by Gasteiger charge is -2.24. The molecule has 1 aliphatic carbocycles. The van der Waals surface area contributed by atoms with Crippen LogP contribution < -0.4 is 5.32 Å². The smallest absolute Gasteiger partial charge is 0.162 e. The first-order valence-electron chi connectivity index (χ1n) is 7.72. The molecule has 1 aliphatic heterocycles. The summed E-state index contributed by atoms with van der Waals surface area (Å²) < 4.78 is 10.4. The van der Waals surface area contributed by atoms with Gasteiger partial charge in [-0.3, -0.25) is 4.90 Å². The Morgan fingerprint density at radius 2 is 2.30 bits per heavy atom. The van der Waals surface area contributed by atoms with Crippen LogP contribution in [0, 0.1) is 5.92 Å². The van der Waals surface area contributed by atoms with Gasteiger partial charge < -0.3 is 14.6 Å². The molecule has 20 heavy (non-hydrogen) atoms.